The number of hydrogen-bond donors (Lipinski definition) is 2. The van der Waals surface area contributed by atoms with E-state index in [4.69, 9.17) is 16.3 Å². The number of imidazole rings is 1. The fourth-order valence-electron chi connectivity index (χ4n) is 4.86. The van der Waals surface area contributed by atoms with Crippen molar-refractivity contribution in [2.45, 2.75) is 70.0 Å². The Hall–Kier alpha value is -1.78. The number of nitrogens with one attached hydrogen (secondary N) is 1. The van der Waals surface area contributed by atoms with Crippen LogP contribution in [0.15, 0.2) is 24.7 Å². The molecule has 10 heteroatoms. The average molecular weight is 463 g/mol. The van der Waals surface area contributed by atoms with E-state index >= 15 is 0 Å². The quantitative estimate of drug-likeness (QED) is 0.604. The lowest BCUT2D eigenvalue weighted by Crippen LogP contribution is -2.50. The van der Waals surface area contributed by atoms with Crippen molar-refractivity contribution in [3.8, 4) is 0 Å². The molecule has 31 heavy (non-hydrogen) atoms. The first kappa shape index (κ1) is 21.1. The standard InChI is InChI=1S/C21H27ClN6O2S/c1-13-9-21(20-15(8-19(22)31-20)18(29)12-30-21)10-16(24-13)17-11-28(26-25-17)6-3-5-27-7-4-23-14(27)2/h4,7-8,11,13,16,18,24,29H,3,5-6,9-10,12H2,1-2H3/t13-,16-,18+,21-/m0/s1. The molecule has 1 saturated heterocycles. The molecule has 0 unspecified atom stereocenters. The second kappa shape index (κ2) is 8.29. The third-order valence-electron chi connectivity index (χ3n) is 6.30. The maximum Gasteiger partial charge on any atom is 0.106 e. The van der Waals surface area contributed by atoms with Crippen molar-refractivity contribution in [1.29, 1.82) is 0 Å². The molecule has 2 aliphatic rings. The van der Waals surface area contributed by atoms with E-state index in [0.717, 1.165) is 54.3 Å². The van der Waals surface area contributed by atoms with Crippen molar-refractivity contribution < 1.29 is 9.84 Å². The van der Waals surface area contributed by atoms with Crippen LogP contribution in [-0.4, -0.2) is 42.3 Å². The summed E-state index contributed by atoms with van der Waals surface area (Å²) in [7, 11) is 0. The highest BCUT2D eigenvalue weighted by molar-refractivity contribution is 7.16. The minimum absolute atomic E-state index is 0.0253. The largest absolute Gasteiger partial charge is 0.386 e. The lowest BCUT2D eigenvalue weighted by atomic mass is 9.79. The van der Waals surface area contributed by atoms with E-state index in [2.05, 4.69) is 32.1 Å². The molecule has 5 heterocycles. The van der Waals surface area contributed by atoms with Crippen LogP contribution >= 0.6 is 22.9 Å². The van der Waals surface area contributed by atoms with Crippen molar-refractivity contribution in [3.63, 3.8) is 0 Å². The van der Waals surface area contributed by atoms with Gasteiger partial charge in [0.1, 0.15) is 17.5 Å². The number of hydrogen-bond acceptors (Lipinski definition) is 7. The van der Waals surface area contributed by atoms with Gasteiger partial charge in [-0.2, -0.15) is 0 Å². The Kier molecular flexibility index (Phi) is 5.64. The predicted octanol–water partition coefficient (Wildman–Crippen LogP) is 3.36. The molecule has 0 bridgehead atoms. The molecule has 166 valence electrons. The molecule has 2 N–H and O–H groups in total. The summed E-state index contributed by atoms with van der Waals surface area (Å²) in [5.74, 6) is 1.02. The van der Waals surface area contributed by atoms with E-state index in [-0.39, 0.29) is 12.1 Å². The van der Waals surface area contributed by atoms with Gasteiger partial charge in [-0.25, -0.2) is 4.98 Å². The number of piperidine rings is 1. The Morgan fingerprint density at radius 1 is 1.39 bits per heavy atom. The fraction of sp³-hybridized carbons (Fsp3) is 0.571. The van der Waals surface area contributed by atoms with Crippen LogP contribution in [0.5, 0.6) is 0 Å². The van der Waals surface area contributed by atoms with E-state index < -0.39 is 11.7 Å². The van der Waals surface area contributed by atoms with Gasteiger partial charge in [-0.15, -0.1) is 16.4 Å². The van der Waals surface area contributed by atoms with E-state index in [0.29, 0.717) is 10.9 Å². The number of rotatable bonds is 5. The first-order chi connectivity index (χ1) is 14.9. The first-order valence-corrected chi connectivity index (χ1v) is 11.9. The Bertz CT molecular complexity index is 1060. The van der Waals surface area contributed by atoms with Gasteiger partial charge in [-0.05, 0) is 32.8 Å². The van der Waals surface area contributed by atoms with Crippen LogP contribution in [0, 0.1) is 6.92 Å². The van der Waals surface area contributed by atoms with Crippen LogP contribution < -0.4 is 5.32 Å². The van der Waals surface area contributed by atoms with Crippen LogP contribution in [0.4, 0.5) is 0 Å². The van der Waals surface area contributed by atoms with Crippen LogP contribution in [0.25, 0.3) is 0 Å². The molecule has 2 aliphatic heterocycles. The summed E-state index contributed by atoms with van der Waals surface area (Å²) in [5, 5.41) is 22.9. The van der Waals surface area contributed by atoms with Crippen molar-refractivity contribution >= 4 is 22.9 Å². The topological polar surface area (TPSA) is 90.0 Å². The lowest BCUT2D eigenvalue weighted by molar-refractivity contribution is -0.129. The summed E-state index contributed by atoms with van der Waals surface area (Å²) in [6.07, 6.45) is 7.77. The van der Waals surface area contributed by atoms with Gasteiger partial charge in [0.15, 0.2) is 0 Å². The Morgan fingerprint density at radius 3 is 3.06 bits per heavy atom. The predicted molar refractivity (Wildman–Crippen MR) is 118 cm³/mol. The summed E-state index contributed by atoms with van der Waals surface area (Å²) < 4.78 is 11.0. The summed E-state index contributed by atoms with van der Waals surface area (Å²) >= 11 is 7.83. The third kappa shape index (κ3) is 4.05. The van der Waals surface area contributed by atoms with Gasteiger partial charge in [0.05, 0.1) is 28.9 Å². The van der Waals surface area contributed by atoms with E-state index in [1.165, 1.54) is 11.3 Å². The lowest BCUT2D eigenvalue weighted by Gasteiger charge is -2.46. The molecule has 4 atom stereocenters. The second-order valence-corrected chi connectivity index (χ2v) is 10.3. The molecule has 3 aromatic heterocycles. The highest BCUT2D eigenvalue weighted by Crippen LogP contribution is 2.51. The minimum atomic E-state index is -0.618. The zero-order valence-electron chi connectivity index (χ0n) is 17.7. The molecular formula is C21H27ClN6O2S. The molecule has 0 saturated carbocycles. The highest BCUT2D eigenvalue weighted by atomic mass is 35.5. The maximum atomic E-state index is 10.4. The average Bonchev–Trinajstić information content (AvgIpc) is 3.46. The molecule has 0 aromatic carbocycles. The Balaban J connectivity index is 1.31. The molecule has 5 rings (SSSR count). The maximum absolute atomic E-state index is 10.4. The smallest absolute Gasteiger partial charge is 0.106 e. The molecule has 0 amide bonds. The third-order valence-corrected chi connectivity index (χ3v) is 7.77. The zero-order chi connectivity index (χ0) is 21.6. The Labute approximate surface area is 190 Å². The number of aryl methyl sites for hydroxylation is 3. The van der Waals surface area contributed by atoms with Gasteiger partial charge in [0.2, 0.25) is 0 Å². The fourth-order valence-corrected chi connectivity index (χ4v) is 6.31. The summed E-state index contributed by atoms with van der Waals surface area (Å²) in [6.45, 7) is 6.17. The van der Waals surface area contributed by atoms with Crippen LogP contribution in [0.3, 0.4) is 0 Å². The molecular weight excluding hydrogens is 436 g/mol. The van der Waals surface area contributed by atoms with Gasteiger partial charge in [0, 0.05) is 48.4 Å². The summed E-state index contributed by atoms with van der Waals surface area (Å²) in [6, 6.07) is 2.14. The molecule has 8 nitrogen and oxygen atoms in total. The molecule has 0 aliphatic carbocycles. The summed E-state index contributed by atoms with van der Waals surface area (Å²) in [4.78, 5) is 5.32. The number of nitrogens with zero attached hydrogens (tertiary/aromatic N) is 5. The number of fused-ring (bicyclic) bond motifs is 2. The van der Waals surface area contributed by atoms with Crippen molar-refractivity contribution in [1.82, 2.24) is 29.9 Å². The first-order valence-electron chi connectivity index (χ1n) is 10.7. The highest BCUT2D eigenvalue weighted by Gasteiger charge is 2.48. The number of aliphatic hydroxyl groups excluding tert-OH is 1. The number of aromatic nitrogens is 5. The van der Waals surface area contributed by atoms with Crippen LogP contribution in [0.1, 0.15) is 60.3 Å². The normalized spacial score (nSPS) is 28.2. The SMILES string of the molecule is Cc1nccn1CCCn1cc([C@@H]2C[C@]3(C[C@H](C)N2)OC[C@@H](O)c2cc(Cl)sc23)nn1. The van der Waals surface area contributed by atoms with Crippen LogP contribution in [-0.2, 0) is 23.4 Å². The van der Waals surface area contributed by atoms with Crippen LogP contribution in [0.2, 0.25) is 4.34 Å². The Morgan fingerprint density at radius 2 is 2.26 bits per heavy atom. The second-order valence-electron chi connectivity index (χ2n) is 8.61. The van der Waals surface area contributed by atoms with E-state index in [1.807, 2.05) is 36.3 Å². The van der Waals surface area contributed by atoms with Crippen molar-refractivity contribution in [2.75, 3.05) is 6.61 Å². The van der Waals surface area contributed by atoms with Gasteiger partial charge in [-0.3, -0.25) is 4.68 Å². The molecule has 1 spiro atoms. The zero-order valence-corrected chi connectivity index (χ0v) is 19.2. The number of thiophene rings is 1. The monoisotopic (exact) mass is 462 g/mol. The van der Waals surface area contributed by atoms with E-state index in [1.54, 1.807) is 0 Å². The van der Waals surface area contributed by atoms with Gasteiger partial charge in [-0.1, -0.05) is 16.8 Å². The molecule has 3 aromatic rings. The van der Waals surface area contributed by atoms with Crippen molar-refractivity contribution in [3.05, 3.63) is 51.0 Å². The molecule has 1 fully saturated rings. The minimum Gasteiger partial charge on any atom is -0.386 e. The molecule has 0 radical (unpaired) electrons. The number of aliphatic hydroxyl groups is 1. The van der Waals surface area contributed by atoms with Gasteiger partial charge >= 0.3 is 0 Å². The number of ether oxygens (including phenoxy) is 1. The van der Waals surface area contributed by atoms with Crippen molar-refractivity contribution in [2.24, 2.45) is 0 Å². The number of halogens is 1. The van der Waals surface area contributed by atoms with Gasteiger partial charge in [0.25, 0.3) is 0 Å². The summed E-state index contributed by atoms with van der Waals surface area (Å²) in [5.41, 5.74) is 1.38. The van der Waals surface area contributed by atoms with Gasteiger partial charge < -0.3 is 19.7 Å². The van der Waals surface area contributed by atoms with E-state index in [9.17, 15) is 5.11 Å².